The second-order valence-electron chi connectivity index (χ2n) is 5.03. The van der Waals surface area contributed by atoms with Crippen LogP contribution in [0.1, 0.15) is 19.8 Å². The van der Waals surface area contributed by atoms with E-state index in [2.05, 4.69) is 32.5 Å². The molecule has 2 heterocycles. The highest BCUT2D eigenvalue weighted by molar-refractivity contribution is 5.40. The van der Waals surface area contributed by atoms with Gasteiger partial charge in [-0.15, -0.1) is 0 Å². The molecule has 7 heteroatoms. The number of halogens is 1. The van der Waals surface area contributed by atoms with Crippen molar-refractivity contribution in [3.8, 4) is 0 Å². The van der Waals surface area contributed by atoms with Crippen molar-refractivity contribution in [2.45, 2.75) is 19.8 Å². The van der Waals surface area contributed by atoms with E-state index < -0.39 is 5.82 Å². The number of nitrogens with two attached hydrogens (primary N) is 1. The summed E-state index contributed by atoms with van der Waals surface area (Å²) in [4.78, 5) is 10.1. The van der Waals surface area contributed by atoms with Crippen molar-refractivity contribution in [2.24, 2.45) is 11.8 Å². The lowest BCUT2D eigenvalue weighted by molar-refractivity contribution is 0.294. The Bertz CT molecular complexity index is 407. The van der Waals surface area contributed by atoms with E-state index in [9.17, 15) is 4.39 Å². The summed E-state index contributed by atoms with van der Waals surface area (Å²) in [5, 5.41) is 3.01. The van der Waals surface area contributed by atoms with Crippen LogP contribution in [-0.4, -0.2) is 41.0 Å². The van der Waals surface area contributed by atoms with Gasteiger partial charge in [0.15, 0.2) is 11.6 Å². The summed E-state index contributed by atoms with van der Waals surface area (Å²) in [5.74, 6) is 5.56. The minimum Gasteiger partial charge on any atom is -0.367 e. The zero-order chi connectivity index (χ0) is 13.7. The van der Waals surface area contributed by atoms with Crippen molar-refractivity contribution < 1.29 is 4.39 Å². The Morgan fingerprint density at radius 2 is 2.21 bits per heavy atom. The minimum absolute atomic E-state index is 0.191. The van der Waals surface area contributed by atoms with Crippen molar-refractivity contribution in [2.75, 3.05) is 36.9 Å². The third-order valence-electron chi connectivity index (χ3n) is 3.26. The van der Waals surface area contributed by atoms with Gasteiger partial charge in [-0.25, -0.2) is 15.2 Å². The Labute approximate surface area is 112 Å². The number of nitrogens with zero attached hydrogens (tertiary/aromatic N) is 3. The molecule has 2 rings (SSSR count). The predicted octanol–water partition coefficient (Wildman–Crippen LogP) is 1.05. The summed E-state index contributed by atoms with van der Waals surface area (Å²) >= 11 is 0. The number of hydrazine groups is 1. The highest BCUT2D eigenvalue weighted by Gasteiger charge is 2.15. The molecule has 1 saturated heterocycles. The van der Waals surface area contributed by atoms with Crippen molar-refractivity contribution >= 4 is 11.8 Å². The highest BCUT2D eigenvalue weighted by Crippen LogP contribution is 2.14. The zero-order valence-corrected chi connectivity index (χ0v) is 11.2. The normalized spacial score (nSPS) is 17.4. The van der Waals surface area contributed by atoms with Crippen LogP contribution >= 0.6 is 0 Å². The Kier molecular flexibility index (Phi) is 4.86. The third-order valence-corrected chi connectivity index (χ3v) is 3.26. The molecule has 1 atom stereocenters. The summed E-state index contributed by atoms with van der Waals surface area (Å²) in [7, 11) is 0. The Morgan fingerprint density at radius 3 is 2.89 bits per heavy atom. The second kappa shape index (κ2) is 6.63. The first-order valence-electron chi connectivity index (χ1n) is 6.64. The molecule has 6 nitrogen and oxygen atoms in total. The predicted molar refractivity (Wildman–Crippen MR) is 73.1 cm³/mol. The first kappa shape index (κ1) is 14.0. The molecule has 4 N–H and O–H groups in total. The van der Waals surface area contributed by atoms with E-state index in [-0.39, 0.29) is 11.8 Å². The molecule has 1 aliphatic heterocycles. The number of nitrogen functional groups attached to an aromatic ring is 1. The average molecular weight is 268 g/mol. The maximum absolute atomic E-state index is 13.5. The van der Waals surface area contributed by atoms with Gasteiger partial charge in [-0.1, -0.05) is 6.92 Å². The van der Waals surface area contributed by atoms with Crippen LogP contribution in [0.15, 0.2) is 6.20 Å². The molecule has 1 aromatic heterocycles. The van der Waals surface area contributed by atoms with Crippen molar-refractivity contribution in [3.63, 3.8) is 0 Å². The largest absolute Gasteiger partial charge is 0.367 e. The SMILES string of the molecule is CC(CNc1nc(NN)ncc1F)CN1CCCC1. The van der Waals surface area contributed by atoms with E-state index in [4.69, 9.17) is 5.84 Å². The fourth-order valence-electron chi connectivity index (χ4n) is 2.30. The van der Waals surface area contributed by atoms with Crippen molar-refractivity contribution in [3.05, 3.63) is 12.0 Å². The third kappa shape index (κ3) is 4.00. The molecular weight excluding hydrogens is 247 g/mol. The van der Waals surface area contributed by atoms with Gasteiger partial charge < -0.3 is 10.2 Å². The summed E-state index contributed by atoms with van der Waals surface area (Å²) in [5.41, 5.74) is 2.30. The van der Waals surface area contributed by atoms with Crippen LogP contribution in [0.25, 0.3) is 0 Å². The first-order chi connectivity index (χ1) is 9.19. The van der Waals surface area contributed by atoms with Crippen LogP contribution in [0.4, 0.5) is 16.2 Å². The van der Waals surface area contributed by atoms with Crippen LogP contribution in [0.2, 0.25) is 0 Å². The van der Waals surface area contributed by atoms with Crippen LogP contribution in [0.5, 0.6) is 0 Å². The standard InChI is InChI=1S/C12H21FN6/c1-9(8-19-4-2-3-5-19)6-15-11-10(13)7-16-12(17-11)18-14/h7,9H,2-6,8,14H2,1H3,(H2,15,16,17,18). The van der Waals surface area contributed by atoms with E-state index in [0.717, 1.165) is 12.7 Å². The Balaban J connectivity index is 1.83. The molecular formula is C12H21FN6. The van der Waals surface area contributed by atoms with Crippen LogP contribution in [0.3, 0.4) is 0 Å². The van der Waals surface area contributed by atoms with E-state index in [1.807, 2.05) is 0 Å². The number of likely N-dealkylation sites (tertiary alicyclic amines) is 1. The Hall–Kier alpha value is -1.47. The number of hydrogen-bond acceptors (Lipinski definition) is 6. The second-order valence-corrected chi connectivity index (χ2v) is 5.03. The average Bonchev–Trinajstić information content (AvgIpc) is 2.90. The molecule has 0 aromatic carbocycles. The quantitative estimate of drug-likeness (QED) is 0.528. The topological polar surface area (TPSA) is 79.1 Å². The van der Waals surface area contributed by atoms with Gasteiger partial charge in [-0.3, -0.25) is 5.43 Å². The fraction of sp³-hybridized carbons (Fsp3) is 0.667. The van der Waals surface area contributed by atoms with Gasteiger partial charge in [0.1, 0.15) is 0 Å². The smallest absolute Gasteiger partial charge is 0.239 e. The molecule has 106 valence electrons. The number of nitrogens with one attached hydrogen (secondary N) is 2. The van der Waals surface area contributed by atoms with Gasteiger partial charge in [0.2, 0.25) is 5.95 Å². The number of rotatable bonds is 6. The summed E-state index contributed by atoms with van der Waals surface area (Å²) in [6, 6.07) is 0. The lowest BCUT2D eigenvalue weighted by Gasteiger charge is -2.20. The van der Waals surface area contributed by atoms with E-state index in [1.54, 1.807) is 0 Å². The van der Waals surface area contributed by atoms with Crippen molar-refractivity contribution in [1.82, 2.24) is 14.9 Å². The van der Waals surface area contributed by atoms with Crippen LogP contribution in [0, 0.1) is 11.7 Å². The van der Waals surface area contributed by atoms with Gasteiger partial charge in [0.25, 0.3) is 0 Å². The summed E-state index contributed by atoms with van der Waals surface area (Å²) in [6.07, 6.45) is 3.67. The summed E-state index contributed by atoms with van der Waals surface area (Å²) in [6.45, 7) is 6.20. The molecule has 1 unspecified atom stereocenters. The maximum Gasteiger partial charge on any atom is 0.239 e. The monoisotopic (exact) mass is 268 g/mol. The highest BCUT2D eigenvalue weighted by atomic mass is 19.1. The molecule has 0 bridgehead atoms. The van der Waals surface area contributed by atoms with Gasteiger partial charge in [-0.2, -0.15) is 4.98 Å². The van der Waals surface area contributed by atoms with Gasteiger partial charge in [0, 0.05) is 13.1 Å². The van der Waals surface area contributed by atoms with E-state index >= 15 is 0 Å². The number of aromatic nitrogens is 2. The molecule has 0 aliphatic carbocycles. The van der Waals surface area contributed by atoms with Gasteiger partial charge >= 0.3 is 0 Å². The van der Waals surface area contributed by atoms with E-state index in [0.29, 0.717) is 12.5 Å². The number of hydrogen-bond donors (Lipinski definition) is 3. The molecule has 0 saturated carbocycles. The van der Waals surface area contributed by atoms with Crippen LogP contribution in [-0.2, 0) is 0 Å². The molecule has 0 amide bonds. The Morgan fingerprint density at radius 1 is 1.47 bits per heavy atom. The molecule has 1 aliphatic rings. The number of anilines is 2. The molecule has 1 aromatic rings. The lowest BCUT2D eigenvalue weighted by Crippen LogP contribution is -2.29. The molecule has 0 radical (unpaired) electrons. The van der Waals surface area contributed by atoms with Crippen LogP contribution < -0.4 is 16.6 Å². The van der Waals surface area contributed by atoms with Gasteiger partial charge in [-0.05, 0) is 31.8 Å². The minimum atomic E-state index is -0.465. The zero-order valence-electron chi connectivity index (χ0n) is 11.2. The van der Waals surface area contributed by atoms with Crippen molar-refractivity contribution in [1.29, 1.82) is 0 Å². The molecule has 19 heavy (non-hydrogen) atoms. The van der Waals surface area contributed by atoms with Gasteiger partial charge in [0.05, 0.1) is 6.20 Å². The summed E-state index contributed by atoms with van der Waals surface area (Å²) < 4.78 is 13.5. The van der Waals surface area contributed by atoms with E-state index in [1.165, 1.54) is 25.9 Å². The lowest BCUT2D eigenvalue weighted by atomic mass is 10.1. The first-order valence-corrected chi connectivity index (χ1v) is 6.64. The fourth-order valence-corrected chi connectivity index (χ4v) is 2.30. The maximum atomic E-state index is 13.5. The molecule has 0 spiro atoms. The molecule has 1 fully saturated rings.